The van der Waals surface area contributed by atoms with Crippen molar-refractivity contribution in [2.24, 2.45) is 5.73 Å². The molecule has 0 aliphatic heterocycles. The lowest BCUT2D eigenvalue weighted by Crippen LogP contribution is -2.09. The fraction of sp³-hybridized carbons (Fsp3) is 0.900. The predicted octanol–water partition coefficient (Wildman–Crippen LogP) is 5.82. The molecule has 4 nitrogen and oxygen atoms in total. The summed E-state index contributed by atoms with van der Waals surface area (Å²) in [7, 11) is 0. The number of carbonyl (C=O) groups excluding carboxylic acids is 1. The molecule has 0 aliphatic carbocycles. The molecule has 0 rings (SSSR count). The number of unbranched alkanes of at least 4 members (excludes halogenated alkanes) is 12. The van der Waals surface area contributed by atoms with Gasteiger partial charge < -0.3 is 10.8 Å². The van der Waals surface area contributed by atoms with Crippen LogP contribution in [0, 0.1) is 0 Å². The maximum absolute atomic E-state index is 10.5. The highest BCUT2D eigenvalue weighted by atomic mass is 16.4. The number of aliphatic carboxylic acids is 1. The first-order chi connectivity index (χ1) is 11.5. The van der Waals surface area contributed by atoms with Gasteiger partial charge in [0.1, 0.15) is 0 Å². The van der Waals surface area contributed by atoms with E-state index in [2.05, 4.69) is 13.8 Å². The molecule has 3 N–H and O–H groups in total. The highest BCUT2D eigenvalue weighted by Crippen LogP contribution is 2.11. The number of carboxylic acids is 1. The molecule has 0 bridgehead atoms. The number of primary amides is 1. The number of hydrogen-bond acceptors (Lipinski definition) is 2. The minimum absolute atomic E-state index is 0.157. The summed E-state index contributed by atoms with van der Waals surface area (Å²) in [6.07, 6.45) is 18.3. The molecule has 0 aromatic carbocycles. The highest BCUT2D eigenvalue weighted by molar-refractivity contribution is 5.73. The molecule has 0 saturated carbocycles. The summed E-state index contributed by atoms with van der Waals surface area (Å²) >= 11 is 0. The third-order valence-electron chi connectivity index (χ3n) is 4.02. The van der Waals surface area contributed by atoms with Crippen LogP contribution in [0.4, 0.5) is 0 Å². The summed E-state index contributed by atoms with van der Waals surface area (Å²) in [6.45, 7) is 4.31. The third kappa shape index (κ3) is 29.0. The first kappa shape index (κ1) is 25.2. The van der Waals surface area contributed by atoms with Gasteiger partial charge in [0.15, 0.2) is 0 Å². The highest BCUT2D eigenvalue weighted by Gasteiger charge is 1.95. The van der Waals surface area contributed by atoms with E-state index in [1.807, 2.05) is 0 Å². The van der Waals surface area contributed by atoms with Crippen LogP contribution in [0.2, 0.25) is 0 Å². The molecule has 0 fully saturated rings. The molecule has 0 aliphatic rings. The third-order valence-corrected chi connectivity index (χ3v) is 4.02. The first-order valence-corrected chi connectivity index (χ1v) is 10.0. The van der Waals surface area contributed by atoms with Crippen LogP contribution in [0.3, 0.4) is 0 Å². The van der Waals surface area contributed by atoms with E-state index in [-0.39, 0.29) is 5.91 Å². The maximum Gasteiger partial charge on any atom is 0.303 e. The quantitative estimate of drug-likeness (QED) is 0.346. The van der Waals surface area contributed by atoms with E-state index in [0.29, 0.717) is 12.8 Å². The lowest BCUT2D eigenvalue weighted by Gasteiger charge is -2.01. The van der Waals surface area contributed by atoms with Crippen molar-refractivity contribution in [3.8, 4) is 0 Å². The Labute approximate surface area is 149 Å². The Balaban J connectivity index is 0. The van der Waals surface area contributed by atoms with Crippen LogP contribution < -0.4 is 5.73 Å². The van der Waals surface area contributed by atoms with E-state index in [4.69, 9.17) is 10.8 Å². The molecule has 0 atom stereocenters. The van der Waals surface area contributed by atoms with E-state index in [0.717, 1.165) is 25.7 Å². The summed E-state index contributed by atoms with van der Waals surface area (Å²) in [5, 5.41) is 8.14. The molecular weight excluding hydrogens is 302 g/mol. The second kappa shape index (κ2) is 21.9. The molecule has 0 radical (unpaired) electrons. The molecule has 1 amide bonds. The monoisotopic (exact) mass is 343 g/mol. The van der Waals surface area contributed by atoms with Gasteiger partial charge >= 0.3 is 5.97 Å². The Bertz CT molecular complexity index is 280. The number of carboxylic acid groups (broad SMARTS) is 1. The van der Waals surface area contributed by atoms with Gasteiger partial charge in [0.2, 0.25) is 5.91 Å². The van der Waals surface area contributed by atoms with Crippen LogP contribution in [0.1, 0.15) is 117 Å². The Hall–Kier alpha value is -1.06. The standard InChI is InChI=1S/C14H29NO.C6H12O2/c1-2-3-4-5-6-7-8-9-10-11-12-13-14(15)16;1-2-3-4-5-6(7)8/h2-13H2,1H3,(H2,15,16);2-5H2,1H3,(H,7,8). The van der Waals surface area contributed by atoms with Crippen molar-refractivity contribution in [3.05, 3.63) is 0 Å². The molecular formula is C20H41NO3. The number of carbonyl (C=O) groups is 2. The maximum atomic E-state index is 10.5. The Morgan fingerprint density at radius 2 is 0.958 bits per heavy atom. The number of hydrogen-bond donors (Lipinski definition) is 2. The zero-order chi connectivity index (χ0) is 18.5. The van der Waals surface area contributed by atoms with Gasteiger partial charge in [0, 0.05) is 12.8 Å². The van der Waals surface area contributed by atoms with Crippen LogP contribution >= 0.6 is 0 Å². The summed E-state index contributed by atoms with van der Waals surface area (Å²) in [5.41, 5.74) is 5.07. The van der Waals surface area contributed by atoms with Gasteiger partial charge in [-0.15, -0.1) is 0 Å². The Kier molecular flexibility index (Phi) is 23.0. The van der Waals surface area contributed by atoms with Crippen molar-refractivity contribution in [2.45, 2.75) is 117 Å². The van der Waals surface area contributed by atoms with Gasteiger partial charge in [-0.2, -0.15) is 0 Å². The smallest absolute Gasteiger partial charge is 0.303 e. The van der Waals surface area contributed by atoms with Gasteiger partial charge in [0.25, 0.3) is 0 Å². The fourth-order valence-electron chi connectivity index (χ4n) is 2.49. The van der Waals surface area contributed by atoms with Crippen molar-refractivity contribution >= 4 is 11.9 Å². The molecule has 0 unspecified atom stereocenters. The molecule has 24 heavy (non-hydrogen) atoms. The van der Waals surface area contributed by atoms with Crippen molar-refractivity contribution in [2.75, 3.05) is 0 Å². The number of amides is 1. The molecule has 0 aromatic rings. The van der Waals surface area contributed by atoms with Crippen LogP contribution in [0.25, 0.3) is 0 Å². The van der Waals surface area contributed by atoms with Crippen LogP contribution in [-0.4, -0.2) is 17.0 Å². The summed E-state index contributed by atoms with van der Waals surface area (Å²) in [4.78, 5) is 20.4. The molecule has 144 valence electrons. The first-order valence-electron chi connectivity index (χ1n) is 10.0. The topological polar surface area (TPSA) is 80.4 Å². The Morgan fingerprint density at radius 3 is 1.33 bits per heavy atom. The van der Waals surface area contributed by atoms with Gasteiger partial charge in [-0.3, -0.25) is 9.59 Å². The van der Waals surface area contributed by atoms with Crippen LogP contribution in [0.5, 0.6) is 0 Å². The molecule has 0 aromatic heterocycles. The summed E-state index contributed by atoms with van der Waals surface area (Å²) in [6, 6.07) is 0. The second-order valence-electron chi connectivity index (χ2n) is 6.60. The van der Waals surface area contributed by atoms with Crippen molar-refractivity contribution in [1.82, 2.24) is 0 Å². The van der Waals surface area contributed by atoms with E-state index in [1.54, 1.807) is 0 Å². The zero-order valence-electron chi connectivity index (χ0n) is 16.2. The molecule has 0 heterocycles. The van der Waals surface area contributed by atoms with Crippen molar-refractivity contribution in [1.29, 1.82) is 0 Å². The van der Waals surface area contributed by atoms with Crippen molar-refractivity contribution in [3.63, 3.8) is 0 Å². The predicted molar refractivity (Wildman–Crippen MR) is 102 cm³/mol. The second-order valence-corrected chi connectivity index (χ2v) is 6.60. The average Bonchev–Trinajstić information content (AvgIpc) is 2.53. The SMILES string of the molecule is CCCCCC(=O)O.CCCCCCCCCCCCCC(N)=O. The fourth-order valence-corrected chi connectivity index (χ4v) is 2.49. The van der Waals surface area contributed by atoms with Gasteiger partial charge in [-0.05, 0) is 12.8 Å². The van der Waals surface area contributed by atoms with Crippen LogP contribution in [-0.2, 0) is 9.59 Å². The number of nitrogens with two attached hydrogens (primary N) is 1. The molecule has 0 spiro atoms. The average molecular weight is 344 g/mol. The largest absolute Gasteiger partial charge is 0.481 e. The zero-order valence-corrected chi connectivity index (χ0v) is 16.2. The summed E-state index contributed by atoms with van der Waals surface area (Å²) < 4.78 is 0. The van der Waals surface area contributed by atoms with Crippen LogP contribution in [0.15, 0.2) is 0 Å². The molecule has 4 heteroatoms. The minimum Gasteiger partial charge on any atom is -0.481 e. The van der Waals surface area contributed by atoms with E-state index in [1.165, 1.54) is 64.2 Å². The normalized spacial score (nSPS) is 10.1. The van der Waals surface area contributed by atoms with E-state index >= 15 is 0 Å². The van der Waals surface area contributed by atoms with E-state index < -0.39 is 5.97 Å². The van der Waals surface area contributed by atoms with E-state index in [9.17, 15) is 9.59 Å². The lowest BCUT2D eigenvalue weighted by atomic mass is 10.1. The number of rotatable bonds is 16. The summed E-state index contributed by atoms with van der Waals surface area (Å²) in [5.74, 6) is -0.839. The minimum atomic E-state index is -0.682. The lowest BCUT2D eigenvalue weighted by molar-refractivity contribution is -0.137. The van der Waals surface area contributed by atoms with Crippen molar-refractivity contribution < 1.29 is 14.7 Å². The van der Waals surface area contributed by atoms with Gasteiger partial charge in [0.05, 0.1) is 0 Å². The molecule has 0 saturated heterocycles. The Morgan fingerprint density at radius 1 is 0.625 bits per heavy atom. The van der Waals surface area contributed by atoms with Gasteiger partial charge in [-0.1, -0.05) is 90.9 Å². The van der Waals surface area contributed by atoms with Gasteiger partial charge in [-0.25, -0.2) is 0 Å².